The van der Waals surface area contributed by atoms with Crippen molar-refractivity contribution < 1.29 is 13.2 Å². The molecular weight excluding hydrogens is 312 g/mol. The summed E-state index contributed by atoms with van der Waals surface area (Å²) < 4.78 is 26.8. The van der Waals surface area contributed by atoms with Crippen molar-refractivity contribution in [2.45, 2.75) is 50.0 Å². The van der Waals surface area contributed by atoms with Crippen LogP contribution in [0.5, 0.6) is 0 Å². The molecule has 0 saturated carbocycles. The molecule has 0 aromatic heterocycles. The fourth-order valence-electron chi connectivity index (χ4n) is 3.42. The summed E-state index contributed by atoms with van der Waals surface area (Å²) in [5.74, 6) is -0.00285. The monoisotopic (exact) mass is 336 g/mol. The molecule has 6 heteroatoms. The second kappa shape index (κ2) is 6.61. The number of sulfonamides is 1. The third-order valence-corrected chi connectivity index (χ3v) is 6.78. The third-order valence-electron chi connectivity index (χ3n) is 4.87. The van der Waals surface area contributed by atoms with Crippen molar-refractivity contribution in [1.29, 1.82) is 0 Å². The van der Waals surface area contributed by atoms with Crippen LogP contribution in [-0.2, 0) is 10.0 Å². The Bertz CT molecular complexity index is 664. The molecule has 0 aliphatic carbocycles. The second-order valence-electron chi connectivity index (χ2n) is 6.48. The minimum atomic E-state index is -3.43. The molecule has 1 aromatic rings. The van der Waals surface area contributed by atoms with Gasteiger partial charge in [-0.2, -0.15) is 4.31 Å². The molecule has 2 aliphatic heterocycles. The smallest absolute Gasteiger partial charge is 0.254 e. The first-order valence-electron chi connectivity index (χ1n) is 8.41. The van der Waals surface area contributed by atoms with Crippen LogP contribution in [0.1, 0.15) is 49.4 Å². The van der Waals surface area contributed by atoms with E-state index in [1.54, 1.807) is 28.6 Å². The van der Waals surface area contributed by atoms with E-state index in [-0.39, 0.29) is 16.8 Å². The van der Waals surface area contributed by atoms with E-state index in [1.807, 2.05) is 4.90 Å². The molecule has 0 bridgehead atoms. The van der Waals surface area contributed by atoms with Gasteiger partial charge in [0.05, 0.1) is 4.90 Å². The zero-order valence-corrected chi connectivity index (χ0v) is 14.4. The topological polar surface area (TPSA) is 57.7 Å². The Hall–Kier alpha value is -1.40. The Kier molecular flexibility index (Phi) is 4.73. The van der Waals surface area contributed by atoms with Crippen LogP contribution < -0.4 is 0 Å². The van der Waals surface area contributed by atoms with Crippen LogP contribution in [0, 0.1) is 0 Å². The maximum absolute atomic E-state index is 12.6. The molecule has 1 aromatic carbocycles. The molecular formula is C17H24N2O3S. The number of carbonyl (C=O) groups excluding carboxylic acids is 1. The highest BCUT2D eigenvalue weighted by Gasteiger charge is 2.28. The highest BCUT2D eigenvalue weighted by atomic mass is 32.2. The average Bonchev–Trinajstić information content (AvgIpc) is 3.01. The minimum absolute atomic E-state index is 0.00285. The maximum Gasteiger partial charge on any atom is 0.254 e. The number of benzene rings is 1. The Balaban J connectivity index is 1.77. The van der Waals surface area contributed by atoms with E-state index in [4.69, 9.17) is 0 Å². The van der Waals surface area contributed by atoms with Gasteiger partial charge in [-0.15, -0.1) is 0 Å². The van der Waals surface area contributed by atoms with Crippen molar-refractivity contribution in [1.82, 2.24) is 9.21 Å². The third kappa shape index (κ3) is 3.28. The first-order chi connectivity index (χ1) is 11.0. The number of rotatable bonds is 3. The van der Waals surface area contributed by atoms with E-state index in [2.05, 4.69) is 6.92 Å². The van der Waals surface area contributed by atoms with Crippen molar-refractivity contribution in [2.24, 2.45) is 0 Å². The minimum Gasteiger partial charge on any atom is -0.336 e. The fraction of sp³-hybridized carbons (Fsp3) is 0.588. The summed E-state index contributed by atoms with van der Waals surface area (Å²) in [6, 6.07) is 6.68. The maximum atomic E-state index is 12.6. The first-order valence-corrected chi connectivity index (χ1v) is 9.85. The lowest BCUT2D eigenvalue weighted by atomic mass is 10.2. The lowest BCUT2D eigenvalue weighted by Gasteiger charge is -2.26. The van der Waals surface area contributed by atoms with Crippen LogP contribution in [0.4, 0.5) is 0 Å². The van der Waals surface area contributed by atoms with Crippen molar-refractivity contribution in [3.05, 3.63) is 29.8 Å². The zero-order valence-electron chi connectivity index (χ0n) is 13.6. The van der Waals surface area contributed by atoms with E-state index in [0.29, 0.717) is 18.7 Å². The zero-order chi connectivity index (χ0) is 16.4. The summed E-state index contributed by atoms with van der Waals surface area (Å²) in [6.45, 7) is 4.02. The molecule has 0 spiro atoms. The predicted octanol–water partition coefficient (Wildman–Crippen LogP) is 2.49. The van der Waals surface area contributed by atoms with Crippen LogP contribution in [-0.4, -0.2) is 49.2 Å². The van der Waals surface area contributed by atoms with E-state index < -0.39 is 10.0 Å². The van der Waals surface area contributed by atoms with Crippen LogP contribution in [0.2, 0.25) is 0 Å². The quantitative estimate of drug-likeness (QED) is 0.852. The van der Waals surface area contributed by atoms with E-state index in [9.17, 15) is 13.2 Å². The Morgan fingerprint density at radius 3 is 2.22 bits per heavy atom. The number of hydrogen-bond donors (Lipinski definition) is 0. The van der Waals surface area contributed by atoms with E-state index in [0.717, 1.165) is 38.6 Å². The highest BCUT2D eigenvalue weighted by Crippen LogP contribution is 2.23. The van der Waals surface area contributed by atoms with Crippen molar-refractivity contribution >= 4 is 15.9 Å². The Morgan fingerprint density at radius 1 is 1.00 bits per heavy atom. The van der Waals surface area contributed by atoms with Crippen LogP contribution in [0.25, 0.3) is 0 Å². The molecule has 23 heavy (non-hydrogen) atoms. The van der Waals surface area contributed by atoms with Crippen molar-refractivity contribution in [3.8, 4) is 0 Å². The summed E-state index contributed by atoms with van der Waals surface area (Å²) in [7, 11) is -3.43. The number of piperidine rings is 1. The molecule has 1 amide bonds. The van der Waals surface area contributed by atoms with E-state index in [1.165, 1.54) is 0 Å². The molecule has 0 radical (unpaired) electrons. The summed E-state index contributed by atoms with van der Waals surface area (Å²) in [4.78, 5) is 14.6. The van der Waals surface area contributed by atoms with Gasteiger partial charge in [0.15, 0.2) is 0 Å². The van der Waals surface area contributed by atoms with Gasteiger partial charge in [-0.3, -0.25) is 4.79 Å². The van der Waals surface area contributed by atoms with Gasteiger partial charge in [0.25, 0.3) is 5.91 Å². The summed E-state index contributed by atoms with van der Waals surface area (Å²) in [5, 5.41) is 0. The van der Waals surface area contributed by atoms with Gasteiger partial charge in [0.1, 0.15) is 0 Å². The van der Waals surface area contributed by atoms with Crippen LogP contribution in [0.3, 0.4) is 0 Å². The van der Waals surface area contributed by atoms with Crippen LogP contribution in [0.15, 0.2) is 29.2 Å². The molecule has 1 unspecified atom stereocenters. The summed E-state index contributed by atoms with van der Waals surface area (Å²) >= 11 is 0. The molecule has 2 heterocycles. The molecule has 0 N–H and O–H groups in total. The standard InChI is InChI=1S/C17H24N2O3S/c1-14-6-5-13-19(14)17(20)15-7-9-16(10-8-15)23(21,22)18-11-3-2-4-12-18/h7-10,14H,2-6,11-13H2,1H3. The summed E-state index contributed by atoms with van der Waals surface area (Å²) in [5.41, 5.74) is 0.566. The van der Waals surface area contributed by atoms with E-state index >= 15 is 0 Å². The van der Waals surface area contributed by atoms with Gasteiger partial charge < -0.3 is 4.90 Å². The molecule has 1 atom stereocenters. The second-order valence-corrected chi connectivity index (χ2v) is 8.42. The lowest BCUT2D eigenvalue weighted by molar-refractivity contribution is 0.0747. The van der Waals surface area contributed by atoms with Gasteiger partial charge in [0, 0.05) is 31.2 Å². The van der Waals surface area contributed by atoms with Gasteiger partial charge in [-0.05, 0) is 56.9 Å². The van der Waals surface area contributed by atoms with Crippen molar-refractivity contribution in [3.63, 3.8) is 0 Å². The summed E-state index contributed by atoms with van der Waals surface area (Å²) in [6.07, 6.45) is 5.00. The molecule has 2 aliphatic rings. The number of carbonyl (C=O) groups is 1. The normalized spacial score (nSPS) is 23.2. The molecule has 2 saturated heterocycles. The number of likely N-dealkylation sites (tertiary alicyclic amines) is 1. The molecule has 126 valence electrons. The molecule has 2 fully saturated rings. The molecule has 5 nitrogen and oxygen atoms in total. The molecule has 3 rings (SSSR count). The Morgan fingerprint density at radius 2 is 1.65 bits per heavy atom. The first kappa shape index (κ1) is 16.5. The van der Waals surface area contributed by atoms with Crippen LogP contribution >= 0.6 is 0 Å². The predicted molar refractivity (Wildman–Crippen MR) is 88.8 cm³/mol. The average molecular weight is 336 g/mol. The largest absolute Gasteiger partial charge is 0.336 e. The van der Waals surface area contributed by atoms with Gasteiger partial charge in [-0.1, -0.05) is 6.42 Å². The van der Waals surface area contributed by atoms with Crippen molar-refractivity contribution in [2.75, 3.05) is 19.6 Å². The number of hydrogen-bond acceptors (Lipinski definition) is 3. The fourth-order valence-corrected chi connectivity index (χ4v) is 4.94. The van der Waals surface area contributed by atoms with Gasteiger partial charge >= 0.3 is 0 Å². The van der Waals surface area contributed by atoms with Gasteiger partial charge in [0.2, 0.25) is 10.0 Å². The highest BCUT2D eigenvalue weighted by molar-refractivity contribution is 7.89. The number of nitrogens with zero attached hydrogens (tertiary/aromatic N) is 2. The SMILES string of the molecule is CC1CCCN1C(=O)c1ccc(S(=O)(=O)N2CCCCC2)cc1. The number of amides is 1. The Labute approximate surface area is 138 Å². The van der Waals surface area contributed by atoms with Gasteiger partial charge in [-0.25, -0.2) is 8.42 Å². The lowest BCUT2D eigenvalue weighted by Crippen LogP contribution is -2.35.